The van der Waals surface area contributed by atoms with Crippen molar-refractivity contribution in [1.29, 1.82) is 0 Å². The number of aromatic nitrogens is 1. The highest BCUT2D eigenvalue weighted by Gasteiger charge is 2.19. The van der Waals surface area contributed by atoms with Gasteiger partial charge >= 0.3 is 0 Å². The van der Waals surface area contributed by atoms with Crippen LogP contribution in [-0.2, 0) is 0 Å². The van der Waals surface area contributed by atoms with E-state index >= 15 is 0 Å². The molecule has 0 saturated carbocycles. The minimum absolute atomic E-state index is 0.406. The van der Waals surface area contributed by atoms with E-state index < -0.39 is 0 Å². The van der Waals surface area contributed by atoms with Gasteiger partial charge in [0.25, 0.3) is 0 Å². The fourth-order valence-corrected chi connectivity index (χ4v) is 3.27. The van der Waals surface area contributed by atoms with E-state index in [2.05, 4.69) is 39.2 Å². The van der Waals surface area contributed by atoms with E-state index in [1.54, 1.807) is 0 Å². The summed E-state index contributed by atoms with van der Waals surface area (Å²) in [5.41, 5.74) is 1.26. The van der Waals surface area contributed by atoms with Crippen LogP contribution in [0.5, 0.6) is 0 Å². The van der Waals surface area contributed by atoms with Gasteiger partial charge in [-0.25, -0.2) is 0 Å². The van der Waals surface area contributed by atoms with Crippen LogP contribution in [0.4, 0.5) is 0 Å². The second-order valence-corrected chi connectivity index (χ2v) is 5.67. The molecular formula is C10H13BrN2S. The molecule has 1 fully saturated rings. The highest BCUT2D eigenvalue weighted by molar-refractivity contribution is 9.10. The minimum Gasteiger partial charge on any atom is -0.299 e. The van der Waals surface area contributed by atoms with Crippen LogP contribution in [0.1, 0.15) is 24.3 Å². The maximum absolute atomic E-state index is 4.18. The fourth-order valence-electron chi connectivity index (χ4n) is 1.52. The van der Waals surface area contributed by atoms with Crippen LogP contribution in [0.25, 0.3) is 0 Å². The first-order valence-electron chi connectivity index (χ1n) is 4.74. The van der Waals surface area contributed by atoms with Gasteiger partial charge in [-0.1, -0.05) is 0 Å². The Hall–Kier alpha value is -0.0600. The highest BCUT2D eigenvalue weighted by atomic mass is 79.9. The lowest BCUT2D eigenvalue weighted by molar-refractivity contribution is 0.511. The van der Waals surface area contributed by atoms with Crippen LogP contribution >= 0.6 is 27.7 Å². The topological polar surface area (TPSA) is 24.9 Å². The van der Waals surface area contributed by atoms with Gasteiger partial charge in [-0.05, 0) is 46.7 Å². The molecule has 4 heteroatoms. The number of nitrogens with one attached hydrogen (secondary N) is 1. The van der Waals surface area contributed by atoms with Gasteiger partial charge in [0.2, 0.25) is 0 Å². The molecule has 0 bridgehead atoms. The molecule has 14 heavy (non-hydrogen) atoms. The summed E-state index contributed by atoms with van der Waals surface area (Å²) in [5.74, 6) is 1.23. The number of hydrogen-bond acceptors (Lipinski definition) is 3. The Morgan fingerprint density at radius 3 is 3.14 bits per heavy atom. The lowest BCUT2D eigenvalue weighted by atomic mass is 10.2. The summed E-state index contributed by atoms with van der Waals surface area (Å²) in [4.78, 5) is 4.18. The van der Waals surface area contributed by atoms with E-state index in [0.717, 1.165) is 4.47 Å². The van der Waals surface area contributed by atoms with Gasteiger partial charge in [0.1, 0.15) is 0 Å². The van der Waals surface area contributed by atoms with Crippen molar-refractivity contribution in [3.05, 3.63) is 28.5 Å². The van der Waals surface area contributed by atoms with Crippen molar-refractivity contribution in [3.63, 3.8) is 0 Å². The predicted octanol–water partition coefficient (Wildman–Crippen LogP) is 2.96. The van der Waals surface area contributed by atoms with Crippen molar-refractivity contribution in [1.82, 2.24) is 10.3 Å². The van der Waals surface area contributed by atoms with E-state index in [9.17, 15) is 0 Å². The Bertz CT molecular complexity index is 319. The number of rotatable bonds is 1. The molecule has 0 aromatic carbocycles. The smallest absolute Gasteiger partial charge is 0.0806 e. The fraction of sp³-hybridized carbons (Fsp3) is 0.500. The van der Waals surface area contributed by atoms with E-state index in [4.69, 9.17) is 0 Å². The summed E-state index contributed by atoms with van der Waals surface area (Å²) < 4.78 is 1.05. The molecular weight excluding hydrogens is 260 g/mol. The number of pyridine rings is 1. The van der Waals surface area contributed by atoms with E-state index in [1.807, 2.05) is 24.2 Å². The number of thioether (sulfide) groups is 1. The molecule has 2 nitrogen and oxygen atoms in total. The van der Waals surface area contributed by atoms with Crippen molar-refractivity contribution in [2.75, 3.05) is 5.75 Å². The summed E-state index contributed by atoms with van der Waals surface area (Å²) in [6.07, 6.45) is 5.01. The number of hydrogen-bond donors (Lipinski definition) is 1. The predicted molar refractivity (Wildman–Crippen MR) is 64.4 cm³/mol. The number of nitrogens with zero attached hydrogens (tertiary/aromatic N) is 1. The molecule has 0 radical (unpaired) electrons. The van der Waals surface area contributed by atoms with Crippen LogP contribution in [0.2, 0.25) is 0 Å². The molecule has 1 aliphatic heterocycles. The summed E-state index contributed by atoms with van der Waals surface area (Å²) in [7, 11) is 0. The zero-order chi connectivity index (χ0) is 9.97. The van der Waals surface area contributed by atoms with Crippen LogP contribution in [0.3, 0.4) is 0 Å². The lowest BCUT2D eigenvalue weighted by Gasteiger charge is -2.28. The van der Waals surface area contributed by atoms with Crippen molar-refractivity contribution in [2.24, 2.45) is 0 Å². The first-order valence-corrected chi connectivity index (χ1v) is 6.58. The summed E-state index contributed by atoms with van der Waals surface area (Å²) in [6.45, 7) is 2.23. The van der Waals surface area contributed by atoms with Crippen molar-refractivity contribution in [3.8, 4) is 0 Å². The van der Waals surface area contributed by atoms with Crippen molar-refractivity contribution < 1.29 is 0 Å². The second-order valence-electron chi connectivity index (χ2n) is 3.54. The van der Waals surface area contributed by atoms with Crippen LogP contribution in [-0.4, -0.2) is 16.8 Å². The second kappa shape index (κ2) is 4.64. The summed E-state index contributed by atoms with van der Waals surface area (Å²) in [6, 6.07) is 2.75. The maximum atomic E-state index is 4.18. The molecule has 2 unspecified atom stereocenters. The monoisotopic (exact) mass is 272 g/mol. The molecule has 1 N–H and O–H groups in total. The van der Waals surface area contributed by atoms with Crippen molar-refractivity contribution >= 4 is 27.7 Å². The molecule has 1 aliphatic rings. The van der Waals surface area contributed by atoms with Gasteiger partial charge < -0.3 is 0 Å². The Morgan fingerprint density at radius 1 is 1.57 bits per heavy atom. The lowest BCUT2D eigenvalue weighted by Crippen LogP contribution is -2.33. The average molecular weight is 273 g/mol. The van der Waals surface area contributed by atoms with E-state index in [1.165, 1.54) is 17.7 Å². The van der Waals surface area contributed by atoms with Crippen molar-refractivity contribution in [2.45, 2.75) is 24.8 Å². The van der Waals surface area contributed by atoms with Crippen LogP contribution in [0, 0.1) is 0 Å². The summed E-state index contributed by atoms with van der Waals surface area (Å²) in [5, 5.41) is 3.97. The van der Waals surface area contributed by atoms with Gasteiger partial charge in [0.05, 0.1) is 5.37 Å². The minimum atomic E-state index is 0.406. The van der Waals surface area contributed by atoms with Crippen LogP contribution < -0.4 is 5.32 Å². The van der Waals surface area contributed by atoms with Gasteiger partial charge in [0, 0.05) is 22.9 Å². The zero-order valence-electron chi connectivity index (χ0n) is 8.03. The molecule has 2 rings (SSSR count). The molecule has 1 aromatic heterocycles. The third kappa shape index (κ3) is 2.49. The molecule has 2 heterocycles. The normalized spacial score (nSPS) is 27.6. The van der Waals surface area contributed by atoms with Gasteiger partial charge in [0.15, 0.2) is 0 Å². The Kier molecular flexibility index (Phi) is 3.47. The third-order valence-electron chi connectivity index (χ3n) is 2.30. The Labute approximate surface area is 97.0 Å². The number of halogens is 1. The molecule has 1 saturated heterocycles. The molecule has 0 amide bonds. The summed E-state index contributed by atoms with van der Waals surface area (Å²) >= 11 is 5.40. The molecule has 0 spiro atoms. The molecule has 0 aliphatic carbocycles. The van der Waals surface area contributed by atoms with Gasteiger partial charge in [-0.2, -0.15) is 0 Å². The van der Waals surface area contributed by atoms with Gasteiger partial charge in [-0.3, -0.25) is 10.3 Å². The van der Waals surface area contributed by atoms with Crippen LogP contribution in [0.15, 0.2) is 22.9 Å². The Balaban J connectivity index is 2.14. The Morgan fingerprint density at radius 2 is 2.43 bits per heavy atom. The SMILES string of the molecule is CC1CCSC(c2cncc(Br)c2)N1. The largest absolute Gasteiger partial charge is 0.299 e. The standard InChI is InChI=1S/C10H13BrN2S/c1-7-2-3-14-10(13-7)8-4-9(11)6-12-5-8/h4-7,10,13H,2-3H2,1H3. The van der Waals surface area contributed by atoms with E-state index in [0.29, 0.717) is 11.4 Å². The first-order chi connectivity index (χ1) is 6.75. The molecule has 2 atom stereocenters. The first kappa shape index (κ1) is 10.5. The third-order valence-corrected chi connectivity index (χ3v) is 3.95. The molecule has 76 valence electrons. The van der Waals surface area contributed by atoms with Gasteiger partial charge in [-0.15, -0.1) is 11.8 Å². The molecule has 1 aromatic rings. The quantitative estimate of drug-likeness (QED) is 0.851. The maximum Gasteiger partial charge on any atom is 0.0806 e. The average Bonchev–Trinajstić information content (AvgIpc) is 2.18. The zero-order valence-corrected chi connectivity index (χ0v) is 10.4. The highest BCUT2D eigenvalue weighted by Crippen LogP contribution is 2.31. The van der Waals surface area contributed by atoms with E-state index in [-0.39, 0.29) is 0 Å².